The Morgan fingerprint density at radius 2 is 2.33 bits per heavy atom. The van der Waals surface area contributed by atoms with Crippen molar-refractivity contribution < 1.29 is 14.3 Å². The van der Waals surface area contributed by atoms with Gasteiger partial charge in [0.15, 0.2) is 0 Å². The fourth-order valence-electron chi connectivity index (χ4n) is 2.58. The van der Waals surface area contributed by atoms with Gasteiger partial charge in [-0.15, -0.1) is 0 Å². The number of nitriles is 1. The maximum Gasteiger partial charge on any atom is 0.271 e. The van der Waals surface area contributed by atoms with Crippen LogP contribution in [0.4, 0.5) is 5.69 Å². The largest absolute Gasteiger partial charge is 0.495 e. The first-order valence-electron chi connectivity index (χ1n) is 7.29. The average molecular weight is 325 g/mol. The molecule has 0 fully saturated rings. The molecule has 0 saturated heterocycles. The van der Waals surface area contributed by atoms with E-state index in [1.54, 1.807) is 16.8 Å². The van der Waals surface area contributed by atoms with Crippen LogP contribution in [-0.2, 0) is 6.54 Å². The van der Waals surface area contributed by atoms with E-state index < -0.39 is 5.91 Å². The molecular formula is C16H15N5O3. The number of hydrogen-bond donors (Lipinski definition) is 2. The van der Waals surface area contributed by atoms with Crippen LogP contribution < -0.4 is 15.4 Å². The number of carbonyl (C=O) groups is 2. The highest BCUT2D eigenvalue weighted by atomic mass is 16.5. The summed E-state index contributed by atoms with van der Waals surface area (Å²) >= 11 is 0. The predicted octanol–water partition coefficient (Wildman–Crippen LogP) is 1.15. The predicted molar refractivity (Wildman–Crippen MR) is 84.8 cm³/mol. The summed E-state index contributed by atoms with van der Waals surface area (Å²) in [4.78, 5) is 24.5. The monoisotopic (exact) mass is 325 g/mol. The van der Waals surface area contributed by atoms with Gasteiger partial charge in [-0.2, -0.15) is 10.4 Å². The molecule has 1 atom stereocenters. The minimum atomic E-state index is -0.434. The van der Waals surface area contributed by atoms with Crippen molar-refractivity contribution in [3.05, 3.63) is 41.2 Å². The van der Waals surface area contributed by atoms with Crippen molar-refractivity contribution in [3.63, 3.8) is 0 Å². The molecule has 1 aromatic heterocycles. The van der Waals surface area contributed by atoms with Crippen LogP contribution in [0.15, 0.2) is 24.4 Å². The fourth-order valence-corrected chi connectivity index (χ4v) is 2.58. The number of nitrogens with one attached hydrogen (secondary N) is 2. The minimum Gasteiger partial charge on any atom is -0.495 e. The third-order valence-electron chi connectivity index (χ3n) is 3.71. The number of nitrogens with zero attached hydrogens (tertiary/aromatic N) is 3. The summed E-state index contributed by atoms with van der Waals surface area (Å²) in [6, 6.07) is 6.49. The van der Waals surface area contributed by atoms with Gasteiger partial charge in [0, 0.05) is 11.6 Å². The van der Waals surface area contributed by atoms with Gasteiger partial charge in [0.25, 0.3) is 11.8 Å². The third-order valence-corrected chi connectivity index (χ3v) is 3.71. The van der Waals surface area contributed by atoms with Crippen LogP contribution in [0.2, 0.25) is 0 Å². The summed E-state index contributed by atoms with van der Waals surface area (Å²) < 4.78 is 6.62. The Morgan fingerprint density at radius 1 is 1.54 bits per heavy atom. The zero-order valence-electron chi connectivity index (χ0n) is 13.2. The van der Waals surface area contributed by atoms with E-state index in [9.17, 15) is 9.59 Å². The van der Waals surface area contributed by atoms with Crippen LogP contribution in [-0.4, -0.2) is 34.7 Å². The van der Waals surface area contributed by atoms with Gasteiger partial charge in [0.2, 0.25) is 0 Å². The maximum absolute atomic E-state index is 12.4. The van der Waals surface area contributed by atoms with Crippen molar-refractivity contribution in [2.75, 3.05) is 12.4 Å². The lowest BCUT2D eigenvalue weighted by Crippen LogP contribution is -2.42. The Kier molecular flexibility index (Phi) is 3.92. The molecule has 122 valence electrons. The molecule has 3 rings (SSSR count). The first kappa shape index (κ1) is 15.6. The van der Waals surface area contributed by atoms with Crippen LogP contribution in [0.1, 0.15) is 33.3 Å². The summed E-state index contributed by atoms with van der Waals surface area (Å²) in [5.41, 5.74) is 1.19. The molecule has 8 heteroatoms. The van der Waals surface area contributed by atoms with E-state index >= 15 is 0 Å². The van der Waals surface area contributed by atoms with E-state index in [2.05, 4.69) is 15.7 Å². The summed E-state index contributed by atoms with van der Waals surface area (Å²) in [6.45, 7) is 2.42. The number of ether oxygens (including phenoxy) is 1. The topological polar surface area (TPSA) is 109 Å². The molecule has 0 saturated carbocycles. The number of methoxy groups -OCH3 is 1. The van der Waals surface area contributed by atoms with Crippen LogP contribution in [0.5, 0.6) is 5.75 Å². The highest BCUT2D eigenvalue weighted by molar-refractivity contribution is 6.08. The highest BCUT2D eigenvalue weighted by Crippen LogP contribution is 2.22. The SMILES string of the molecule is COc1ccc(C(=O)Nc2cnn3c2C(=O)NC(C)C3)cc1C#N. The van der Waals surface area contributed by atoms with Gasteiger partial charge in [0.05, 0.1) is 31.1 Å². The first-order chi connectivity index (χ1) is 11.5. The van der Waals surface area contributed by atoms with Crippen molar-refractivity contribution in [1.82, 2.24) is 15.1 Å². The molecule has 2 aromatic rings. The van der Waals surface area contributed by atoms with E-state index in [0.717, 1.165) is 0 Å². The minimum absolute atomic E-state index is 0.0202. The fraction of sp³-hybridized carbons (Fsp3) is 0.250. The molecule has 1 aliphatic heterocycles. The molecule has 0 bridgehead atoms. The van der Waals surface area contributed by atoms with E-state index in [0.29, 0.717) is 23.7 Å². The summed E-state index contributed by atoms with van der Waals surface area (Å²) in [7, 11) is 1.45. The van der Waals surface area contributed by atoms with Crippen molar-refractivity contribution in [3.8, 4) is 11.8 Å². The molecule has 0 aliphatic carbocycles. The molecule has 1 unspecified atom stereocenters. The van der Waals surface area contributed by atoms with Gasteiger partial charge >= 0.3 is 0 Å². The van der Waals surface area contributed by atoms with E-state index in [1.165, 1.54) is 19.4 Å². The molecule has 2 N–H and O–H groups in total. The van der Waals surface area contributed by atoms with Crippen molar-refractivity contribution >= 4 is 17.5 Å². The lowest BCUT2D eigenvalue weighted by atomic mass is 10.1. The molecule has 1 aromatic carbocycles. The van der Waals surface area contributed by atoms with Crippen LogP contribution in [0.25, 0.3) is 0 Å². The second-order valence-corrected chi connectivity index (χ2v) is 5.44. The van der Waals surface area contributed by atoms with Crippen molar-refractivity contribution in [1.29, 1.82) is 5.26 Å². The van der Waals surface area contributed by atoms with Gasteiger partial charge in [-0.1, -0.05) is 0 Å². The van der Waals surface area contributed by atoms with Gasteiger partial charge in [-0.05, 0) is 25.1 Å². The number of benzene rings is 1. The van der Waals surface area contributed by atoms with Gasteiger partial charge in [0.1, 0.15) is 17.5 Å². The lowest BCUT2D eigenvalue weighted by molar-refractivity contribution is 0.0902. The highest BCUT2D eigenvalue weighted by Gasteiger charge is 2.26. The summed E-state index contributed by atoms with van der Waals surface area (Å²) in [5, 5.41) is 18.7. The Hall–Kier alpha value is -3.34. The second kappa shape index (κ2) is 6.04. The Morgan fingerprint density at radius 3 is 3.04 bits per heavy atom. The standard InChI is InChI=1S/C16H15N5O3/c1-9-8-21-14(16(23)19-9)12(7-18-21)20-15(22)10-3-4-13(24-2)11(5-10)6-17/h3-5,7,9H,8H2,1-2H3,(H,19,23)(H,20,22). The van der Waals surface area contributed by atoms with E-state index in [-0.39, 0.29) is 23.1 Å². The smallest absolute Gasteiger partial charge is 0.271 e. The number of amides is 2. The number of aromatic nitrogens is 2. The first-order valence-corrected chi connectivity index (χ1v) is 7.29. The normalized spacial score (nSPS) is 15.9. The molecule has 0 spiro atoms. The molecular weight excluding hydrogens is 310 g/mol. The Balaban J connectivity index is 1.87. The second-order valence-electron chi connectivity index (χ2n) is 5.44. The molecule has 0 radical (unpaired) electrons. The zero-order chi connectivity index (χ0) is 17.3. The van der Waals surface area contributed by atoms with Gasteiger partial charge in [-0.25, -0.2) is 0 Å². The lowest BCUT2D eigenvalue weighted by Gasteiger charge is -2.21. The average Bonchev–Trinajstić information content (AvgIpc) is 2.96. The molecule has 2 amide bonds. The molecule has 2 heterocycles. The third kappa shape index (κ3) is 2.67. The van der Waals surface area contributed by atoms with E-state index in [4.69, 9.17) is 10.00 Å². The quantitative estimate of drug-likeness (QED) is 0.880. The number of anilines is 1. The number of carbonyl (C=O) groups excluding carboxylic acids is 2. The summed E-state index contributed by atoms with van der Waals surface area (Å²) in [6.07, 6.45) is 1.44. The van der Waals surface area contributed by atoms with E-state index in [1.807, 2.05) is 13.0 Å². The number of fused-ring (bicyclic) bond motifs is 1. The zero-order valence-corrected chi connectivity index (χ0v) is 13.2. The van der Waals surface area contributed by atoms with Gasteiger partial charge < -0.3 is 15.4 Å². The van der Waals surface area contributed by atoms with Crippen molar-refractivity contribution in [2.24, 2.45) is 0 Å². The van der Waals surface area contributed by atoms with Gasteiger partial charge in [-0.3, -0.25) is 14.3 Å². The van der Waals surface area contributed by atoms with Crippen LogP contribution >= 0.6 is 0 Å². The van der Waals surface area contributed by atoms with Crippen LogP contribution in [0.3, 0.4) is 0 Å². The number of hydrogen-bond acceptors (Lipinski definition) is 5. The Bertz CT molecular complexity index is 865. The summed E-state index contributed by atoms with van der Waals surface area (Å²) in [5.74, 6) is -0.323. The maximum atomic E-state index is 12.4. The molecule has 1 aliphatic rings. The van der Waals surface area contributed by atoms with Crippen molar-refractivity contribution in [2.45, 2.75) is 19.5 Å². The molecule has 8 nitrogen and oxygen atoms in total. The number of rotatable bonds is 3. The van der Waals surface area contributed by atoms with Crippen LogP contribution in [0, 0.1) is 11.3 Å². The molecule has 24 heavy (non-hydrogen) atoms. The Labute approximate surface area is 138 Å².